The molecule has 16 heavy (non-hydrogen) atoms. The van der Waals surface area contributed by atoms with Crippen LogP contribution in [0.25, 0.3) is 6.08 Å². The molecule has 0 N–H and O–H groups in total. The highest BCUT2D eigenvalue weighted by atomic mass is 16.1. The number of rotatable bonds is 7. The first-order valence-corrected chi connectivity index (χ1v) is 6.05. The van der Waals surface area contributed by atoms with E-state index >= 15 is 0 Å². The maximum absolute atomic E-state index is 10.9. The van der Waals surface area contributed by atoms with Crippen LogP contribution in [0.4, 0.5) is 0 Å². The van der Waals surface area contributed by atoms with Crippen molar-refractivity contribution in [1.29, 1.82) is 0 Å². The third-order valence-corrected chi connectivity index (χ3v) is 2.65. The third-order valence-electron chi connectivity index (χ3n) is 2.65. The monoisotopic (exact) mass is 216 g/mol. The molecule has 1 aromatic rings. The molecular formula is C15H20O. The van der Waals surface area contributed by atoms with Gasteiger partial charge in [-0.1, -0.05) is 68.7 Å². The van der Waals surface area contributed by atoms with Crippen molar-refractivity contribution in [1.82, 2.24) is 0 Å². The summed E-state index contributed by atoms with van der Waals surface area (Å²) in [5.74, 6) is 0.0757. The Morgan fingerprint density at radius 2 is 1.94 bits per heavy atom. The molecule has 0 saturated heterocycles. The van der Waals surface area contributed by atoms with Gasteiger partial charge in [0.2, 0.25) is 0 Å². The van der Waals surface area contributed by atoms with Crippen LogP contribution >= 0.6 is 0 Å². The average Bonchev–Trinajstić information content (AvgIpc) is 2.35. The van der Waals surface area contributed by atoms with Gasteiger partial charge in [-0.3, -0.25) is 0 Å². The summed E-state index contributed by atoms with van der Waals surface area (Å²) in [4.78, 5) is 10.9. The topological polar surface area (TPSA) is 17.1 Å². The Hall–Kier alpha value is -1.37. The number of allylic oxidation sites excluding steroid dienone is 1. The van der Waals surface area contributed by atoms with Crippen LogP contribution in [0, 0.1) is 5.92 Å². The lowest BCUT2D eigenvalue weighted by atomic mass is 10.0. The molecular weight excluding hydrogens is 196 g/mol. The molecule has 0 aliphatic carbocycles. The van der Waals surface area contributed by atoms with Crippen LogP contribution in [0.15, 0.2) is 36.4 Å². The molecule has 1 nitrogen and oxygen atoms in total. The molecule has 0 heterocycles. The van der Waals surface area contributed by atoms with Gasteiger partial charge in [0.05, 0.1) is 0 Å². The molecule has 1 rings (SSSR count). The molecule has 1 heteroatoms. The van der Waals surface area contributed by atoms with E-state index in [1.54, 1.807) is 0 Å². The van der Waals surface area contributed by atoms with Crippen molar-refractivity contribution in [2.45, 2.75) is 32.6 Å². The van der Waals surface area contributed by atoms with Crippen LogP contribution in [0.3, 0.4) is 0 Å². The van der Waals surface area contributed by atoms with Crippen LogP contribution < -0.4 is 0 Å². The molecule has 0 radical (unpaired) electrons. The Bertz CT molecular complexity index is 313. The van der Waals surface area contributed by atoms with E-state index in [1.165, 1.54) is 12.8 Å². The van der Waals surface area contributed by atoms with Gasteiger partial charge in [-0.15, -0.1) is 0 Å². The molecule has 0 aliphatic heterocycles. The minimum atomic E-state index is 0.0757. The summed E-state index contributed by atoms with van der Waals surface area (Å²) in [5.41, 5.74) is 1.16. The molecule has 0 saturated carbocycles. The molecule has 86 valence electrons. The number of benzene rings is 1. The summed E-state index contributed by atoms with van der Waals surface area (Å²) in [5, 5.41) is 0. The summed E-state index contributed by atoms with van der Waals surface area (Å²) in [6.07, 6.45) is 9.62. The van der Waals surface area contributed by atoms with Gasteiger partial charge < -0.3 is 4.79 Å². The summed E-state index contributed by atoms with van der Waals surface area (Å²) in [6.45, 7) is 2.18. The second-order valence-corrected chi connectivity index (χ2v) is 4.07. The minimum Gasteiger partial charge on any atom is -0.303 e. The second-order valence-electron chi connectivity index (χ2n) is 4.07. The Morgan fingerprint density at radius 3 is 2.56 bits per heavy atom. The number of carbonyl (C=O) groups excluding carboxylic acids is 1. The van der Waals surface area contributed by atoms with Crippen LogP contribution in [0.5, 0.6) is 0 Å². The van der Waals surface area contributed by atoms with Crippen molar-refractivity contribution in [3.63, 3.8) is 0 Å². The van der Waals surface area contributed by atoms with Gasteiger partial charge in [0.1, 0.15) is 6.29 Å². The molecule has 0 aliphatic rings. The average molecular weight is 216 g/mol. The fourth-order valence-corrected chi connectivity index (χ4v) is 1.64. The largest absolute Gasteiger partial charge is 0.303 e. The zero-order valence-electron chi connectivity index (χ0n) is 9.93. The lowest BCUT2D eigenvalue weighted by Gasteiger charge is -2.03. The highest BCUT2D eigenvalue weighted by molar-refractivity contribution is 5.61. The highest BCUT2D eigenvalue weighted by Gasteiger charge is 2.01. The maximum Gasteiger partial charge on any atom is 0.126 e. The second kappa shape index (κ2) is 7.86. The van der Waals surface area contributed by atoms with E-state index in [0.29, 0.717) is 0 Å². The normalized spacial score (nSPS) is 12.8. The quantitative estimate of drug-likeness (QED) is 0.495. The van der Waals surface area contributed by atoms with Crippen molar-refractivity contribution in [3.05, 3.63) is 42.0 Å². The van der Waals surface area contributed by atoms with Gasteiger partial charge in [0.15, 0.2) is 0 Å². The summed E-state index contributed by atoms with van der Waals surface area (Å²) in [6, 6.07) is 10.1. The SMILES string of the molecule is CCCCCC(C=O)/C=C/c1ccccc1. The van der Waals surface area contributed by atoms with Gasteiger partial charge in [-0.05, 0) is 12.0 Å². The lowest BCUT2D eigenvalue weighted by molar-refractivity contribution is -0.110. The number of aldehydes is 1. The summed E-state index contributed by atoms with van der Waals surface area (Å²) >= 11 is 0. The molecule has 1 aromatic carbocycles. The Labute approximate surface area is 98.2 Å². The predicted octanol–water partition coefficient (Wildman–Crippen LogP) is 4.10. The zero-order chi connectivity index (χ0) is 11.6. The first-order chi connectivity index (χ1) is 7.86. The maximum atomic E-state index is 10.9. The predicted molar refractivity (Wildman–Crippen MR) is 69.2 cm³/mol. The smallest absolute Gasteiger partial charge is 0.126 e. The molecule has 0 spiro atoms. The number of carbonyl (C=O) groups is 1. The Balaban J connectivity index is 2.43. The fourth-order valence-electron chi connectivity index (χ4n) is 1.64. The van der Waals surface area contributed by atoms with Gasteiger partial charge in [-0.25, -0.2) is 0 Å². The van der Waals surface area contributed by atoms with Gasteiger partial charge in [0.25, 0.3) is 0 Å². The van der Waals surface area contributed by atoms with Crippen LogP contribution in [0.1, 0.15) is 38.2 Å². The molecule has 0 aromatic heterocycles. The zero-order valence-corrected chi connectivity index (χ0v) is 9.93. The van der Waals surface area contributed by atoms with Crippen LogP contribution in [-0.2, 0) is 4.79 Å². The standard InChI is InChI=1S/C15H20O/c1-2-3-5-10-15(13-16)12-11-14-8-6-4-7-9-14/h4,6-9,11-13,15H,2-3,5,10H2,1H3/b12-11+. The van der Waals surface area contributed by atoms with Crippen molar-refractivity contribution < 1.29 is 4.79 Å². The number of unbranched alkanes of at least 4 members (excludes halogenated alkanes) is 2. The van der Waals surface area contributed by atoms with Crippen molar-refractivity contribution in [3.8, 4) is 0 Å². The number of hydrogen-bond donors (Lipinski definition) is 0. The lowest BCUT2D eigenvalue weighted by Crippen LogP contribution is -1.97. The van der Waals surface area contributed by atoms with E-state index in [2.05, 4.69) is 6.92 Å². The van der Waals surface area contributed by atoms with E-state index < -0.39 is 0 Å². The molecule has 1 atom stereocenters. The van der Waals surface area contributed by atoms with E-state index in [0.717, 1.165) is 24.7 Å². The first-order valence-electron chi connectivity index (χ1n) is 6.05. The van der Waals surface area contributed by atoms with Crippen molar-refractivity contribution in [2.75, 3.05) is 0 Å². The summed E-state index contributed by atoms with van der Waals surface area (Å²) < 4.78 is 0. The molecule has 0 fully saturated rings. The Kier molecular flexibility index (Phi) is 6.24. The summed E-state index contributed by atoms with van der Waals surface area (Å²) in [7, 11) is 0. The highest BCUT2D eigenvalue weighted by Crippen LogP contribution is 2.11. The van der Waals surface area contributed by atoms with Gasteiger partial charge in [0, 0.05) is 5.92 Å². The third kappa shape index (κ3) is 4.92. The first kappa shape index (κ1) is 12.7. The fraction of sp³-hybridized carbons (Fsp3) is 0.400. The molecule has 0 amide bonds. The van der Waals surface area contributed by atoms with Crippen molar-refractivity contribution >= 4 is 12.4 Å². The van der Waals surface area contributed by atoms with E-state index in [9.17, 15) is 4.79 Å². The molecule has 0 bridgehead atoms. The van der Waals surface area contributed by atoms with E-state index in [1.807, 2.05) is 42.5 Å². The Morgan fingerprint density at radius 1 is 1.19 bits per heavy atom. The van der Waals surface area contributed by atoms with Gasteiger partial charge >= 0.3 is 0 Å². The van der Waals surface area contributed by atoms with Crippen LogP contribution in [0.2, 0.25) is 0 Å². The van der Waals surface area contributed by atoms with E-state index in [-0.39, 0.29) is 5.92 Å². The van der Waals surface area contributed by atoms with E-state index in [4.69, 9.17) is 0 Å². The molecule has 1 unspecified atom stereocenters. The minimum absolute atomic E-state index is 0.0757. The number of hydrogen-bond acceptors (Lipinski definition) is 1. The van der Waals surface area contributed by atoms with Crippen LogP contribution in [-0.4, -0.2) is 6.29 Å². The van der Waals surface area contributed by atoms with Gasteiger partial charge in [-0.2, -0.15) is 0 Å². The van der Waals surface area contributed by atoms with Crippen molar-refractivity contribution in [2.24, 2.45) is 5.92 Å².